The lowest BCUT2D eigenvalue weighted by molar-refractivity contribution is -0.114. The van der Waals surface area contributed by atoms with Crippen molar-refractivity contribution in [1.29, 1.82) is 0 Å². The summed E-state index contributed by atoms with van der Waals surface area (Å²) in [5.41, 5.74) is 0.00309. The summed E-state index contributed by atoms with van der Waals surface area (Å²) in [7, 11) is -3.76. The number of hydrogen-bond donors (Lipinski definition) is 3. The van der Waals surface area contributed by atoms with Gasteiger partial charge < -0.3 is 15.7 Å². The zero-order valence-electron chi connectivity index (χ0n) is 17.1. The largest absolute Gasteiger partial charge is 0.506 e. The molecule has 2 rings (SSSR count). The van der Waals surface area contributed by atoms with E-state index in [0.29, 0.717) is 0 Å². The average Bonchev–Trinajstić information content (AvgIpc) is 2.72. The quantitative estimate of drug-likeness (QED) is 0.461. The fraction of sp³-hybridized carbons (Fsp3) is 0.300. The van der Waals surface area contributed by atoms with Crippen molar-refractivity contribution in [2.75, 3.05) is 35.2 Å². The molecule has 0 heterocycles. The SMILES string of the molecule is CCN(CC)S(=O)(=O)c1ccc(O)c(NC(=O)CSCC(=O)Nc2ccccc2F)c1. The van der Waals surface area contributed by atoms with Crippen LogP contribution in [0.25, 0.3) is 0 Å². The third kappa shape index (κ3) is 6.68. The van der Waals surface area contributed by atoms with Crippen molar-refractivity contribution < 1.29 is 27.5 Å². The number of rotatable bonds is 10. The molecular weight excluding hydrogens is 445 g/mol. The summed E-state index contributed by atoms with van der Waals surface area (Å²) in [6.45, 7) is 3.99. The number of aromatic hydroxyl groups is 1. The van der Waals surface area contributed by atoms with Crippen LogP contribution < -0.4 is 10.6 Å². The Morgan fingerprint density at radius 2 is 1.58 bits per heavy atom. The smallest absolute Gasteiger partial charge is 0.243 e. The molecule has 11 heteroatoms. The molecule has 0 saturated carbocycles. The first-order chi connectivity index (χ1) is 14.7. The van der Waals surface area contributed by atoms with Crippen LogP contribution in [-0.2, 0) is 19.6 Å². The molecule has 2 amide bonds. The minimum absolute atomic E-state index is 0.0466. The third-order valence-corrected chi connectivity index (χ3v) is 7.18. The first-order valence-electron chi connectivity index (χ1n) is 9.44. The molecular formula is C20H24FN3O5S2. The zero-order chi connectivity index (χ0) is 23.0. The molecule has 0 unspecified atom stereocenters. The van der Waals surface area contributed by atoms with Crippen molar-refractivity contribution in [3.05, 3.63) is 48.3 Å². The van der Waals surface area contributed by atoms with Gasteiger partial charge in [-0.15, -0.1) is 11.8 Å². The van der Waals surface area contributed by atoms with Gasteiger partial charge in [0.2, 0.25) is 21.8 Å². The van der Waals surface area contributed by atoms with Crippen LogP contribution >= 0.6 is 11.8 Å². The van der Waals surface area contributed by atoms with E-state index in [-0.39, 0.29) is 46.6 Å². The van der Waals surface area contributed by atoms with Crippen molar-refractivity contribution >= 4 is 45.0 Å². The van der Waals surface area contributed by atoms with Gasteiger partial charge in [0, 0.05) is 13.1 Å². The highest BCUT2D eigenvalue weighted by atomic mass is 32.2. The fourth-order valence-electron chi connectivity index (χ4n) is 2.66. The predicted molar refractivity (Wildman–Crippen MR) is 119 cm³/mol. The highest BCUT2D eigenvalue weighted by Gasteiger charge is 2.23. The monoisotopic (exact) mass is 469 g/mol. The number of amides is 2. The van der Waals surface area contributed by atoms with Gasteiger partial charge >= 0.3 is 0 Å². The molecule has 0 aliphatic carbocycles. The molecule has 0 aliphatic rings. The van der Waals surface area contributed by atoms with Crippen LogP contribution in [0.15, 0.2) is 47.4 Å². The average molecular weight is 470 g/mol. The van der Waals surface area contributed by atoms with E-state index in [1.807, 2.05) is 0 Å². The maximum absolute atomic E-state index is 13.5. The Morgan fingerprint density at radius 1 is 1.00 bits per heavy atom. The number of sulfonamides is 1. The zero-order valence-corrected chi connectivity index (χ0v) is 18.7. The molecule has 0 radical (unpaired) electrons. The number of carbonyl (C=O) groups is 2. The number of anilines is 2. The Balaban J connectivity index is 1.95. The second-order valence-electron chi connectivity index (χ2n) is 6.34. The predicted octanol–water partition coefficient (Wildman–Crippen LogP) is 2.87. The van der Waals surface area contributed by atoms with E-state index in [0.717, 1.165) is 11.8 Å². The summed E-state index contributed by atoms with van der Waals surface area (Å²) >= 11 is 0.987. The minimum Gasteiger partial charge on any atom is -0.506 e. The van der Waals surface area contributed by atoms with Gasteiger partial charge in [-0.1, -0.05) is 26.0 Å². The van der Waals surface area contributed by atoms with E-state index in [9.17, 15) is 27.5 Å². The number of benzene rings is 2. The van der Waals surface area contributed by atoms with E-state index in [1.54, 1.807) is 19.9 Å². The van der Waals surface area contributed by atoms with Gasteiger partial charge in [0.25, 0.3) is 0 Å². The Kier molecular flexibility index (Phi) is 8.84. The normalized spacial score (nSPS) is 11.4. The van der Waals surface area contributed by atoms with Crippen molar-refractivity contribution in [2.45, 2.75) is 18.7 Å². The van der Waals surface area contributed by atoms with E-state index in [1.165, 1.54) is 40.7 Å². The second kappa shape index (κ2) is 11.1. The number of thioether (sulfide) groups is 1. The number of carbonyl (C=O) groups excluding carboxylic acids is 2. The Bertz CT molecular complexity index is 1040. The summed E-state index contributed by atoms with van der Waals surface area (Å²) in [5.74, 6) is -2.07. The lowest BCUT2D eigenvalue weighted by Crippen LogP contribution is -2.30. The second-order valence-corrected chi connectivity index (χ2v) is 9.26. The summed E-state index contributed by atoms with van der Waals surface area (Å²) in [6, 6.07) is 9.38. The van der Waals surface area contributed by atoms with Crippen molar-refractivity contribution in [2.24, 2.45) is 0 Å². The van der Waals surface area contributed by atoms with Crippen LogP contribution in [0, 0.1) is 5.82 Å². The number of nitrogens with one attached hydrogen (secondary N) is 2. The van der Waals surface area contributed by atoms with Crippen molar-refractivity contribution in [1.82, 2.24) is 4.31 Å². The number of hydrogen-bond acceptors (Lipinski definition) is 6. The van der Waals surface area contributed by atoms with E-state index in [4.69, 9.17) is 0 Å². The van der Waals surface area contributed by atoms with E-state index < -0.39 is 27.7 Å². The number of phenols is 1. The standard InChI is InChI=1S/C20H24FN3O5S2/c1-3-24(4-2)31(28,29)14-9-10-18(25)17(11-14)23-20(27)13-30-12-19(26)22-16-8-6-5-7-15(16)21/h5-11,25H,3-4,12-13H2,1-2H3,(H,22,26)(H,23,27). The van der Waals surface area contributed by atoms with Crippen molar-refractivity contribution in [3.63, 3.8) is 0 Å². The molecule has 8 nitrogen and oxygen atoms in total. The first kappa shape index (κ1) is 24.6. The van der Waals surface area contributed by atoms with Gasteiger partial charge in [0.15, 0.2) is 0 Å². The Labute approximate surface area is 184 Å². The Morgan fingerprint density at radius 3 is 2.16 bits per heavy atom. The van der Waals surface area contributed by atoms with Crippen LogP contribution in [0.2, 0.25) is 0 Å². The van der Waals surface area contributed by atoms with Gasteiger partial charge in [-0.05, 0) is 30.3 Å². The number of halogens is 1. The summed E-state index contributed by atoms with van der Waals surface area (Å²) in [6.07, 6.45) is 0. The summed E-state index contributed by atoms with van der Waals surface area (Å²) in [4.78, 5) is 24.0. The molecule has 3 N–H and O–H groups in total. The minimum atomic E-state index is -3.76. The molecule has 0 spiro atoms. The third-order valence-electron chi connectivity index (χ3n) is 4.20. The number of phenolic OH excluding ortho intramolecular Hbond substituents is 1. The van der Waals surface area contributed by atoms with Crippen LogP contribution in [0.1, 0.15) is 13.8 Å². The van der Waals surface area contributed by atoms with Crippen LogP contribution in [0.4, 0.5) is 15.8 Å². The van der Waals surface area contributed by atoms with Gasteiger partial charge in [0.1, 0.15) is 11.6 Å². The lowest BCUT2D eigenvalue weighted by Gasteiger charge is -2.19. The Hall–Kier alpha value is -2.63. The molecule has 31 heavy (non-hydrogen) atoms. The topological polar surface area (TPSA) is 116 Å². The molecule has 0 aromatic heterocycles. The summed E-state index contributed by atoms with van der Waals surface area (Å²) in [5, 5.41) is 14.8. The molecule has 2 aromatic rings. The van der Waals surface area contributed by atoms with Gasteiger partial charge in [-0.25, -0.2) is 12.8 Å². The first-order valence-corrected chi connectivity index (χ1v) is 12.0. The highest BCUT2D eigenvalue weighted by molar-refractivity contribution is 8.00. The lowest BCUT2D eigenvalue weighted by atomic mass is 10.3. The molecule has 0 saturated heterocycles. The van der Waals surface area contributed by atoms with Gasteiger partial charge in [0.05, 0.1) is 27.8 Å². The summed E-state index contributed by atoms with van der Waals surface area (Å²) < 4.78 is 40.0. The molecule has 0 aliphatic heterocycles. The maximum atomic E-state index is 13.5. The van der Waals surface area contributed by atoms with Gasteiger partial charge in [-0.2, -0.15) is 4.31 Å². The number of para-hydroxylation sites is 1. The molecule has 2 aromatic carbocycles. The van der Waals surface area contributed by atoms with Gasteiger partial charge in [-0.3, -0.25) is 9.59 Å². The van der Waals surface area contributed by atoms with Crippen LogP contribution in [0.3, 0.4) is 0 Å². The van der Waals surface area contributed by atoms with Crippen LogP contribution in [-0.4, -0.2) is 54.2 Å². The molecule has 168 valence electrons. The molecule has 0 fully saturated rings. The molecule has 0 bridgehead atoms. The van der Waals surface area contributed by atoms with Crippen LogP contribution in [0.5, 0.6) is 5.75 Å². The molecule has 0 atom stereocenters. The number of nitrogens with zero attached hydrogens (tertiary/aromatic N) is 1. The van der Waals surface area contributed by atoms with E-state index >= 15 is 0 Å². The highest BCUT2D eigenvalue weighted by Crippen LogP contribution is 2.28. The van der Waals surface area contributed by atoms with Crippen molar-refractivity contribution in [3.8, 4) is 5.75 Å². The fourth-order valence-corrected chi connectivity index (χ4v) is 4.76. The maximum Gasteiger partial charge on any atom is 0.243 e. The van der Waals surface area contributed by atoms with E-state index in [2.05, 4.69) is 10.6 Å².